The number of anilines is 2. The number of hydrogen-bond donors (Lipinski definition) is 1. The van der Waals surface area contributed by atoms with Crippen molar-refractivity contribution in [1.82, 2.24) is 23.3 Å². The summed E-state index contributed by atoms with van der Waals surface area (Å²) in [6.07, 6.45) is 3.09. The minimum atomic E-state index is -0.524. The summed E-state index contributed by atoms with van der Waals surface area (Å²) in [6.45, 7) is 1.59. The van der Waals surface area contributed by atoms with E-state index >= 15 is 0 Å². The minimum Gasteiger partial charge on any atom is -0.338 e. The second-order valence-electron chi connectivity index (χ2n) is 9.36. The lowest BCUT2D eigenvalue weighted by atomic mass is 10.1. The van der Waals surface area contributed by atoms with Crippen LogP contribution in [-0.2, 0) is 14.1 Å². The molecule has 0 atom stereocenters. The lowest BCUT2D eigenvalue weighted by Crippen LogP contribution is -2.41. The number of fused-ring (bicyclic) bond motifs is 2. The van der Waals surface area contributed by atoms with E-state index in [0.717, 1.165) is 5.52 Å². The van der Waals surface area contributed by atoms with Crippen LogP contribution in [0.3, 0.4) is 0 Å². The van der Waals surface area contributed by atoms with Gasteiger partial charge in [0.2, 0.25) is 0 Å². The number of nitrogens with one attached hydrogen (secondary N) is 1. The van der Waals surface area contributed by atoms with Crippen molar-refractivity contribution < 1.29 is 4.39 Å². The molecular formula is C26H22FIN6O3. The fourth-order valence-corrected chi connectivity index (χ4v) is 5.29. The molecule has 1 N–H and O–H groups in total. The van der Waals surface area contributed by atoms with Gasteiger partial charge < -0.3 is 9.88 Å². The van der Waals surface area contributed by atoms with Crippen molar-refractivity contribution in [3.63, 3.8) is 0 Å². The van der Waals surface area contributed by atoms with Crippen LogP contribution in [-0.4, -0.2) is 23.3 Å². The van der Waals surface area contributed by atoms with E-state index in [-0.39, 0.29) is 34.0 Å². The van der Waals surface area contributed by atoms with Gasteiger partial charge in [-0.2, -0.15) is 0 Å². The Hall–Kier alpha value is -3.74. The molecule has 1 aliphatic carbocycles. The van der Waals surface area contributed by atoms with E-state index in [1.807, 2.05) is 40.3 Å². The van der Waals surface area contributed by atoms with Gasteiger partial charge in [-0.05, 0) is 78.8 Å². The Bertz CT molecular complexity index is 1950. The van der Waals surface area contributed by atoms with Crippen LogP contribution in [0.4, 0.5) is 15.9 Å². The first-order valence-corrected chi connectivity index (χ1v) is 12.8. The SMILES string of the molecule is Cc1c(=O)n(C)c(Nc2ccc(I)cc2F)c2c(=O)n(C3CC3)c(=O)n(-c3ccc4c(c3)ncn4C)c12. The van der Waals surface area contributed by atoms with Crippen molar-refractivity contribution in [2.24, 2.45) is 14.1 Å². The molecule has 3 aromatic heterocycles. The second-order valence-corrected chi connectivity index (χ2v) is 10.6. The van der Waals surface area contributed by atoms with Crippen molar-refractivity contribution >= 4 is 56.0 Å². The average Bonchev–Trinajstić information content (AvgIpc) is 3.63. The summed E-state index contributed by atoms with van der Waals surface area (Å²) >= 11 is 2.01. The van der Waals surface area contributed by atoms with E-state index in [1.165, 1.54) is 26.8 Å². The van der Waals surface area contributed by atoms with E-state index < -0.39 is 22.6 Å². The highest BCUT2D eigenvalue weighted by Crippen LogP contribution is 2.34. The fraction of sp³-hybridized carbons (Fsp3) is 0.231. The van der Waals surface area contributed by atoms with Gasteiger partial charge in [0.05, 0.1) is 34.3 Å². The Morgan fingerprint density at radius 3 is 2.51 bits per heavy atom. The summed E-state index contributed by atoms with van der Waals surface area (Å²) in [5, 5.41) is 3.12. The van der Waals surface area contributed by atoms with E-state index in [0.29, 0.717) is 27.6 Å². The number of aryl methyl sites for hydroxylation is 2. The first-order chi connectivity index (χ1) is 17.7. The largest absolute Gasteiger partial charge is 0.338 e. The molecule has 3 heterocycles. The van der Waals surface area contributed by atoms with E-state index in [4.69, 9.17) is 0 Å². The van der Waals surface area contributed by atoms with Gasteiger partial charge in [-0.1, -0.05) is 0 Å². The number of imidazole rings is 1. The molecule has 0 amide bonds. The molecule has 0 bridgehead atoms. The molecule has 2 aromatic carbocycles. The number of hydrogen-bond acceptors (Lipinski definition) is 5. The maximum absolute atomic E-state index is 14.8. The van der Waals surface area contributed by atoms with E-state index in [9.17, 15) is 18.8 Å². The van der Waals surface area contributed by atoms with Crippen molar-refractivity contribution in [1.29, 1.82) is 0 Å². The smallest absolute Gasteiger partial charge is 0.336 e. The molecule has 188 valence electrons. The Balaban J connectivity index is 1.75. The molecule has 0 radical (unpaired) electrons. The summed E-state index contributed by atoms with van der Waals surface area (Å²) < 4.78 is 21.4. The van der Waals surface area contributed by atoms with E-state index in [2.05, 4.69) is 10.3 Å². The van der Waals surface area contributed by atoms with Crippen molar-refractivity contribution in [2.75, 3.05) is 5.32 Å². The van der Waals surface area contributed by atoms with Gasteiger partial charge in [0.25, 0.3) is 11.1 Å². The number of nitrogens with zero attached hydrogens (tertiary/aromatic N) is 5. The molecule has 0 unspecified atom stereocenters. The lowest BCUT2D eigenvalue weighted by molar-refractivity contribution is 0.630. The molecule has 37 heavy (non-hydrogen) atoms. The highest BCUT2D eigenvalue weighted by molar-refractivity contribution is 14.1. The lowest BCUT2D eigenvalue weighted by Gasteiger charge is -2.20. The summed E-state index contributed by atoms with van der Waals surface area (Å²) in [6, 6.07) is 9.79. The number of halogens is 2. The molecule has 0 saturated heterocycles. The summed E-state index contributed by atoms with van der Waals surface area (Å²) in [4.78, 5) is 45.5. The Kier molecular flexibility index (Phi) is 5.37. The fourth-order valence-electron chi connectivity index (χ4n) is 4.84. The van der Waals surface area contributed by atoms with Crippen molar-refractivity contribution in [3.8, 4) is 5.69 Å². The molecule has 6 rings (SSSR count). The molecule has 1 saturated carbocycles. The average molecular weight is 612 g/mol. The summed E-state index contributed by atoms with van der Waals surface area (Å²) in [5.74, 6) is -0.401. The molecule has 5 aromatic rings. The highest BCUT2D eigenvalue weighted by Gasteiger charge is 2.31. The molecule has 9 nitrogen and oxygen atoms in total. The Morgan fingerprint density at radius 2 is 1.81 bits per heavy atom. The zero-order valence-electron chi connectivity index (χ0n) is 20.2. The van der Waals surface area contributed by atoms with Gasteiger partial charge in [0.15, 0.2) is 0 Å². The zero-order valence-corrected chi connectivity index (χ0v) is 22.4. The third-order valence-corrected chi connectivity index (χ3v) is 7.58. The molecular weight excluding hydrogens is 590 g/mol. The molecule has 1 fully saturated rings. The monoisotopic (exact) mass is 612 g/mol. The van der Waals surface area contributed by atoms with Crippen LogP contribution in [0.5, 0.6) is 0 Å². The first kappa shape index (κ1) is 23.6. The molecule has 11 heteroatoms. The third kappa shape index (κ3) is 3.63. The minimum absolute atomic E-state index is 0.116. The predicted octanol–water partition coefficient (Wildman–Crippen LogP) is 3.87. The maximum Gasteiger partial charge on any atom is 0.336 e. The number of pyridine rings is 1. The normalized spacial score (nSPS) is 13.5. The van der Waals surface area contributed by atoms with Crippen LogP contribution in [0.1, 0.15) is 24.4 Å². The standard InChI is InChI=1S/C26H22FIN6O3/c1-13-22-21(23(32(3)24(13)35)30-18-8-4-14(28)10-17(18)27)25(36)34(15-5-6-15)26(37)33(22)16-7-9-20-19(11-16)29-12-31(20)2/h4,7-12,15,30H,5-6H2,1-3H3. The third-order valence-electron chi connectivity index (χ3n) is 6.91. The number of aromatic nitrogens is 5. The van der Waals surface area contributed by atoms with Gasteiger partial charge in [0.1, 0.15) is 17.0 Å². The van der Waals surface area contributed by atoms with Crippen LogP contribution in [0.2, 0.25) is 0 Å². The van der Waals surface area contributed by atoms with Gasteiger partial charge in [-0.25, -0.2) is 14.2 Å². The van der Waals surface area contributed by atoms with E-state index in [1.54, 1.807) is 37.5 Å². The maximum atomic E-state index is 14.8. The zero-order chi connectivity index (χ0) is 26.2. The molecule has 0 aliphatic heterocycles. The number of rotatable bonds is 4. The van der Waals surface area contributed by atoms with Crippen LogP contribution < -0.4 is 22.1 Å². The summed E-state index contributed by atoms with van der Waals surface area (Å²) in [7, 11) is 3.40. The number of benzene rings is 2. The van der Waals surface area contributed by atoms with Crippen LogP contribution >= 0.6 is 22.6 Å². The Morgan fingerprint density at radius 1 is 1.05 bits per heavy atom. The van der Waals surface area contributed by atoms with Gasteiger partial charge >= 0.3 is 5.69 Å². The molecule has 1 aliphatic rings. The molecule has 0 spiro atoms. The topological polar surface area (TPSA) is 95.8 Å². The first-order valence-electron chi connectivity index (χ1n) is 11.7. The van der Waals surface area contributed by atoms with Crippen LogP contribution in [0.15, 0.2) is 57.1 Å². The summed E-state index contributed by atoms with van der Waals surface area (Å²) in [5.41, 5.74) is 1.15. The van der Waals surface area contributed by atoms with Crippen molar-refractivity contribution in [3.05, 3.63) is 88.9 Å². The predicted molar refractivity (Wildman–Crippen MR) is 149 cm³/mol. The Labute approximate surface area is 222 Å². The second kappa shape index (κ2) is 8.40. The van der Waals surface area contributed by atoms with Gasteiger partial charge in [0, 0.05) is 29.3 Å². The van der Waals surface area contributed by atoms with Crippen molar-refractivity contribution in [2.45, 2.75) is 25.8 Å². The van der Waals surface area contributed by atoms with Crippen LogP contribution in [0, 0.1) is 16.3 Å². The quantitative estimate of drug-likeness (QED) is 0.311. The van der Waals surface area contributed by atoms with Crippen LogP contribution in [0.25, 0.3) is 27.6 Å². The highest BCUT2D eigenvalue weighted by atomic mass is 127. The van der Waals surface area contributed by atoms with Gasteiger partial charge in [-0.3, -0.25) is 23.3 Å². The van der Waals surface area contributed by atoms with Gasteiger partial charge in [-0.15, -0.1) is 0 Å².